The van der Waals surface area contributed by atoms with Crippen molar-refractivity contribution in [3.63, 3.8) is 0 Å². The highest BCUT2D eigenvalue weighted by molar-refractivity contribution is 7.91. The van der Waals surface area contributed by atoms with Gasteiger partial charge < -0.3 is 4.90 Å². The first-order chi connectivity index (χ1) is 10.1. The Morgan fingerprint density at radius 2 is 1.76 bits per heavy atom. The number of carbonyl (C=O) groups is 1. The van der Waals surface area contributed by atoms with E-state index in [2.05, 4.69) is 4.90 Å². The minimum Gasteiger partial charge on any atom is -0.339 e. The first-order valence-electron chi connectivity index (χ1n) is 8.55. The van der Waals surface area contributed by atoms with E-state index in [1.165, 1.54) is 32.1 Å². The van der Waals surface area contributed by atoms with E-state index in [4.69, 9.17) is 0 Å². The highest BCUT2D eigenvalue weighted by Crippen LogP contribution is 2.35. The van der Waals surface area contributed by atoms with Gasteiger partial charge in [0.2, 0.25) is 5.91 Å². The van der Waals surface area contributed by atoms with Crippen molar-refractivity contribution < 1.29 is 13.2 Å². The standard InChI is InChI=1S/C16H27NO3S/c18-16(11-13-8-10-21(19,20)12-13)17-9-4-7-15(17)14-5-2-1-3-6-14/h13-15H,1-12H2/t13-,15-/m0/s1. The Labute approximate surface area is 128 Å². The second kappa shape index (κ2) is 6.27. The maximum atomic E-state index is 12.6. The molecule has 5 heteroatoms. The summed E-state index contributed by atoms with van der Waals surface area (Å²) in [4.78, 5) is 14.7. The lowest BCUT2D eigenvalue weighted by Crippen LogP contribution is -2.41. The van der Waals surface area contributed by atoms with Crippen molar-refractivity contribution in [3.05, 3.63) is 0 Å². The Morgan fingerprint density at radius 1 is 1.00 bits per heavy atom. The van der Waals surface area contributed by atoms with Crippen LogP contribution in [0.3, 0.4) is 0 Å². The monoisotopic (exact) mass is 313 g/mol. The average Bonchev–Trinajstić information content (AvgIpc) is 3.06. The second-order valence-electron chi connectivity index (χ2n) is 7.17. The molecule has 0 aromatic carbocycles. The Bertz CT molecular complexity index is 482. The number of nitrogens with zero attached hydrogens (tertiary/aromatic N) is 1. The minimum absolute atomic E-state index is 0.0649. The van der Waals surface area contributed by atoms with Crippen molar-refractivity contribution in [1.82, 2.24) is 4.90 Å². The summed E-state index contributed by atoms with van der Waals surface area (Å²) in [6.45, 7) is 0.888. The van der Waals surface area contributed by atoms with Crippen molar-refractivity contribution in [2.45, 2.75) is 63.8 Å². The number of hydrogen-bond acceptors (Lipinski definition) is 3. The van der Waals surface area contributed by atoms with Gasteiger partial charge in [-0.15, -0.1) is 0 Å². The normalized spacial score (nSPS) is 33.4. The smallest absolute Gasteiger partial charge is 0.223 e. The SMILES string of the molecule is O=C(C[C@@H]1CCS(=O)(=O)C1)N1CCC[C@H]1C1CCCCC1. The maximum Gasteiger partial charge on any atom is 0.223 e. The zero-order chi connectivity index (χ0) is 14.9. The van der Waals surface area contributed by atoms with Crippen LogP contribution in [0.1, 0.15) is 57.8 Å². The number of carbonyl (C=O) groups excluding carboxylic acids is 1. The summed E-state index contributed by atoms with van der Waals surface area (Å²) in [5.74, 6) is 1.47. The number of sulfone groups is 1. The molecule has 120 valence electrons. The molecule has 0 N–H and O–H groups in total. The molecule has 0 spiro atoms. The Hall–Kier alpha value is -0.580. The van der Waals surface area contributed by atoms with Gasteiger partial charge >= 0.3 is 0 Å². The van der Waals surface area contributed by atoms with Crippen LogP contribution in [-0.2, 0) is 14.6 Å². The molecule has 3 fully saturated rings. The Morgan fingerprint density at radius 3 is 2.43 bits per heavy atom. The van der Waals surface area contributed by atoms with Crippen LogP contribution in [0.4, 0.5) is 0 Å². The fourth-order valence-electron chi connectivity index (χ4n) is 4.51. The lowest BCUT2D eigenvalue weighted by molar-refractivity contribution is -0.134. The van der Waals surface area contributed by atoms with Gasteiger partial charge in [-0.2, -0.15) is 0 Å². The maximum absolute atomic E-state index is 12.6. The number of amides is 1. The van der Waals surface area contributed by atoms with Crippen LogP contribution in [0.25, 0.3) is 0 Å². The Balaban J connectivity index is 1.58. The van der Waals surface area contributed by atoms with Gasteiger partial charge in [0.05, 0.1) is 11.5 Å². The van der Waals surface area contributed by atoms with Crippen LogP contribution in [0.2, 0.25) is 0 Å². The number of likely N-dealkylation sites (tertiary alicyclic amines) is 1. The summed E-state index contributed by atoms with van der Waals surface area (Å²) in [6.07, 6.45) is 9.90. The van der Waals surface area contributed by atoms with Crippen LogP contribution in [0.15, 0.2) is 0 Å². The molecular formula is C16H27NO3S. The molecular weight excluding hydrogens is 286 g/mol. The molecule has 3 aliphatic rings. The van der Waals surface area contributed by atoms with E-state index in [9.17, 15) is 13.2 Å². The molecule has 21 heavy (non-hydrogen) atoms. The molecule has 0 bridgehead atoms. The average molecular weight is 313 g/mol. The third kappa shape index (κ3) is 3.61. The zero-order valence-corrected chi connectivity index (χ0v) is 13.6. The summed E-state index contributed by atoms with van der Waals surface area (Å²) >= 11 is 0. The van der Waals surface area contributed by atoms with Gasteiger partial charge in [0, 0.05) is 19.0 Å². The first kappa shape index (κ1) is 15.3. The zero-order valence-electron chi connectivity index (χ0n) is 12.8. The van der Waals surface area contributed by atoms with Gasteiger partial charge in [-0.05, 0) is 43.9 Å². The van der Waals surface area contributed by atoms with Gasteiger partial charge in [-0.1, -0.05) is 19.3 Å². The lowest BCUT2D eigenvalue weighted by Gasteiger charge is -2.34. The van der Waals surface area contributed by atoms with E-state index in [0.29, 0.717) is 24.8 Å². The highest BCUT2D eigenvalue weighted by Gasteiger charge is 2.37. The third-order valence-electron chi connectivity index (χ3n) is 5.60. The van der Waals surface area contributed by atoms with Gasteiger partial charge in [-0.3, -0.25) is 4.79 Å². The molecule has 0 radical (unpaired) electrons. The molecule has 2 atom stereocenters. The fourth-order valence-corrected chi connectivity index (χ4v) is 6.37. The molecule has 2 saturated heterocycles. The lowest BCUT2D eigenvalue weighted by atomic mass is 9.83. The summed E-state index contributed by atoms with van der Waals surface area (Å²) in [5.41, 5.74) is 0. The van der Waals surface area contributed by atoms with E-state index in [0.717, 1.165) is 19.4 Å². The van der Waals surface area contributed by atoms with Crippen molar-refractivity contribution in [3.8, 4) is 0 Å². The predicted octanol–water partition coefficient (Wildman–Crippen LogP) is 2.38. The van der Waals surface area contributed by atoms with Crippen LogP contribution in [0, 0.1) is 11.8 Å². The molecule has 0 aromatic rings. The van der Waals surface area contributed by atoms with Crippen LogP contribution in [0.5, 0.6) is 0 Å². The van der Waals surface area contributed by atoms with Crippen molar-refractivity contribution in [2.75, 3.05) is 18.1 Å². The molecule has 1 aliphatic carbocycles. The van der Waals surface area contributed by atoms with Gasteiger partial charge in [0.25, 0.3) is 0 Å². The van der Waals surface area contributed by atoms with Crippen molar-refractivity contribution >= 4 is 15.7 Å². The summed E-state index contributed by atoms with van der Waals surface area (Å²) in [6, 6.07) is 0.441. The quantitative estimate of drug-likeness (QED) is 0.804. The van der Waals surface area contributed by atoms with Crippen LogP contribution < -0.4 is 0 Å². The first-order valence-corrected chi connectivity index (χ1v) is 10.4. The summed E-state index contributed by atoms with van der Waals surface area (Å²) in [5, 5.41) is 0. The molecule has 0 unspecified atom stereocenters. The molecule has 1 saturated carbocycles. The third-order valence-corrected chi connectivity index (χ3v) is 7.44. The van der Waals surface area contributed by atoms with Crippen molar-refractivity contribution in [1.29, 1.82) is 0 Å². The predicted molar refractivity (Wildman–Crippen MR) is 82.7 cm³/mol. The largest absolute Gasteiger partial charge is 0.339 e. The van der Waals surface area contributed by atoms with Crippen LogP contribution >= 0.6 is 0 Å². The molecule has 4 nitrogen and oxygen atoms in total. The van der Waals surface area contributed by atoms with E-state index in [-0.39, 0.29) is 23.3 Å². The number of hydrogen-bond donors (Lipinski definition) is 0. The fraction of sp³-hybridized carbons (Fsp3) is 0.938. The molecule has 2 aliphatic heterocycles. The Kier molecular flexibility index (Phi) is 4.57. The van der Waals surface area contributed by atoms with Gasteiger partial charge in [0.1, 0.15) is 0 Å². The topological polar surface area (TPSA) is 54.5 Å². The van der Waals surface area contributed by atoms with Crippen molar-refractivity contribution in [2.24, 2.45) is 11.8 Å². The van der Waals surface area contributed by atoms with E-state index in [1.54, 1.807) is 0 Å². The molecule has 2 heterocycles. The van der Waals surface area contributed by atoms with Gasteiger partial charge in [0.15, 0.2) is 9.84 Å². The number of rotatable bonds is 3. The second-order valence-corrected chi connectivity index (χ2v) is 9.40. The molecule has 3 rings (SSSR count). The summed E-state index contributed by atoms with van der Waals surface area (Å²) < 4.78 is 23.1. The summed E-state index contributed by atoms with van der Waals surface area (Å²) in [7, 11) is -2.87. The van der Waals surface area contributed by atoms with Crippen LogP contribution in [-0.4, -0.2) is 43.3 Å². The van der Waals surface area contributed by atoms with E-state index < -0.39 is 9.84 Å². The van der Waals surface area contributed by atoms with Gasteiger partial charge in [-0.25, -0.2) is 8.42 Å². The minimum atomic E-state index is -2.87. The molecule has 1 amide bonds. The van der Waals surface area contributed by atoms with E-state index >= 15 is 0 Å². The molecule has 0 aromatic heterocycles. The highest BCUT2D eigenvalue weighted by atomic mass is 32.2. The van der Waals surface area contributed by atoms with E-state index in [1.807, 2.05) is 0 Å².